The molecular weight excluding hydrogens is 496 g/mol. The number of benzene rings is 3. The molecule has 3 aromatic carbocycles. The summed E-state index contributed by atoms with van der Waals surface area (Å²) in [7, 11) is 1.75. The SMILES string of the molecule is CCCCOc1ccc(N2C(=O)C3ON(C)C(c4ccc(OCc5ccccc5)c(OCC)c4)C3C2=O)cc1. The van der Waals surface area contributed by atoms with Crippen LogP contribution >= 0.6 is 0 Å². The van der Waals surface area contributed by atoms with E-state index in [1.54, 1.807) is 36.4 Å². The Morgan fingerprint density at radius 2 is 1.62 bits per heavy atom. The number of rotatable bonds is 11. The lowest BCUT2D eigenvalue weighted by Gasteiger charge is -2.25. The number of fused-ring (bicyclic) bond motifs is 1. The second-order valence-corrected chi connectivity index (χ2v) is 9.66. The highest BCUT2D eigenvalue weighted by atomic mass is 16.7. The molecule has 0 aromatic heterocycles. The van der Waals surface area contributed by atoms with Gasteiger partial charge >= 0.3 is 0 Å². The van der Waals surface area contributed by atoms with Gasteiger partial charge in [-0.1, -0.05) is 49.7 Å². The lowest BCUT2D eigenvalue weighted by Crippen LogP contribution is -2.36. The molecule has 2 saturated heterocycles. The Bertz CT molecular complexity index is 1300. The highest BCUT2D eigenvalue weighted by molar-refractivity contribution is 6.23. The van der Waals surface area contributed by atoms with Crippen molar-refractivity contribution in [3.63, 3.8) is 0 Å². The van der Waals surface area contributed by atoms with Gasteiger partial charge in [-0.25, -0.2) is 4.90 Å². The van der Waals surface area contributed by atoms with Crippen LogP contribution in [0.25, 0.3) is 0 Å². The van der Waals surface area contributed by atoms with E-state index < -0.39 is 18.1 Å². The summed E-state index contributed by atoms with van der Waals surface area (Å²) in [6.07, 6.45) is 1.12. The third-order valence-corrected chi connectivity index (χ3v) is 7.02. The van der Waals surface area contributed by atoms with Gasteiger partial charge in [-0.3, -0.25) is 14.4 Å². The largest absolute Gasteiger partial charge is 0.494 e. The van der Waals surface area contributed by atoms with Crippen LogP contribution in [0, 0.1) is 5.92 Å². The Hall–Kier alpha value is -3.88. The van der Waals surface area contributed by atoms with Crippen molar-refractivity contribution < 1.29 is 28.6 Å². The lowest BCUT2D eigenvalue weighted by molar-refractivity contribution is -0.160. The number of unbranched alkanes of at least 4 members (excludes halogenated alkanes) is 1. The van der Waals surface area contributed by atoms with Crippen molar-refractivity contribution >= 4 is 17.5 Å². The van der Waals surface area contributed by atoms with E-state index in [1.165, 1.54) is 4.90 Å². The van der Waals surface area contributed by atoms with Crippen LogP contribution in [0.5, 0.6) is 17.2 Å². The number of hydroxylamine groups is 2. The van der Waals surface area contributed by atoms with Crippen molar-refractivity contribution in [3.8, 4) is 17.2 Å². The van der Waals surface area contributed by atoms with Gasteiger partial charge in [-0.05, 0) is 60.9 Å². The number of imide groups is 1. The van der Waals surface area contributed by atoms with E-state index in [2.05, 4.69) is 6.92 Å². The number of amides is 2. The van der Waals surface area contributed by atoms with Crippen LogP contribution in [0.2, 0.25) is 0 Å². The minimum absolute atomic E-state index is 0.290. The van der Waals surface area contributed by atoms with Gasteiger partial charge in [0.15, 0.2) is 17.6 Å². The van der Waals surface area contributed by atoms with Crippen LogP contribution in [0.4, 0.5) is 5.69 Å². The summed E-state index contributed by atoms with van der Waals surface area (Å²) < 4.78 is 17.7. The molecular formula is C31H34N2O6. The van der Waals surface area contributed by atoms with E-state index in [9.17, 15) is 9.59 Å². The number of carbonyl (C=O) groups is 2. The number of hydrogen-bond acceptors (Lipinski definition) is 7. The Kier molecular flexibility index (Phi) is 8.14. The summed E-state index contributed by atoms with van der Waals surface area (Å²) in [6, 6.07) is 22.1. The molecule has 0 bridgehead atoms. The third-order valence-electron chi connectivity index (χ3n) is 7.02. The van der Waals surface area contributed by atoms with E-state index in [-0.39, 0.29) is 11.8 Å². The Morgan fingerprint density at radius 1 is 0.846 bits per heavy atom. The summed E-state index contributed by atoms with van der Waals surface area (Å²) in [5.74, 6) is 0.550. The van der Waals surface area contributed by atoms with Gasteiger partial charge in [-0.2, -0.15) is 5.06 Å². The fourth-order valence-electron chi connectivity index (χ4n) is 5.08. The molecule has 2 heterocycles. The Labute approximate surface area is 229 Å². The topological polar surface area (TPSA) is 77.5 Å². The van der Waals surface area contributed by atoms with Crippen LogP contribution in [-0.2, 0) is 21.0 Å². The molecule has 0 radical (unpaired) electrons. The molecule has 2 aliphatic rings. The summed E-state index contributed by atoms with van der Waals surface area (Å²) in [4.78, 5) is 34.2. The third kappa shape index (κ3) is 5.48. The molecule has 204 valence electrons. The van der Waals surface area contributed by atoms with Crippen molar-refractivity contribution in [2.45, 2.75) is 45.4 Å². The van der Waals surface area contributed by atoms with E-state index in [4.69, 9.17) is 19.0 Å². The standard InChI is InChI=1S/C31H34N2O6/c1-4-6-18-37-24-15-13-23(14-16-24)33-30(34)27-28(32(3)39-29(27)31(33)35)22-12-17-25(26(19-22)36-5-2)38-20-21-10-8-7-9-11-21/h7-17,19,27-29H,4-6,18,20H2,1-3H3. The highest BCUT2D eigenvalue weighted by Crippen LogP contribution is 2.46. The van der Waals surface area contributed by atoms with Crippen molar-refractivity contribution in [3.05, 3.63) is 83.9 Å². The van der Waals surface area contributed by atoms with Gasteiger partial charge in [0.25, 0.3) is 5.91 Å². The molecule has 0 N–H and O–H groups in total. The minimum Gasteiger partial charge on any atom is -0.494 e. The van der Waals surface area contributed by atoms with E-state index in [0.29, 0.717) is 42.8 Å². The summed E-state index contributed by atoms with van der Waals surface area (Å²) in [6.45, 7) is 5.50. The van der Waals surface area contributed by atoms with Crippen LogP contribution in [-0.4, -0.2) is 43.2 Å². The first-order valence-corrected chi connectivity index (χ1v) is 13.5. The highest BCUT2D eigenvalue weighted by Gasteiger charge is 2.59. The van der Waals surface area contributed by atoms with Gasteiger partial charge in [0, 0.05) is 7.05 Å². The summed E-state index contributed by atoms with van der Waals surface area (Å²) >= 11 is 0. The minimum atomic E-state index is -0.891. The smallest absolute Gasteiger partial charge is 0.265 e. The first kappa shape index (κ1) is 26.7. The first-order valence-electron chi connectivity index (χ1n) is 13.5. The zero-order valence-corrected chi connectivity index (χ0v) is 22.5. The van der Waals surface area contributed by atoms with Gasteiger partial charge in [0.1, 0.15) is 12.4 Å². The van der Waals surface area contributed by atoms with Crippen LogP contribution < -0.4 is 19.1 Å². The molecule has 3 unspecified atom stereocenters. The van der Waals surface area contributed by atoms with Gasteiger partial charge in [0.2, 0.25) is 5.91 Å². The zero-order valence-electron chi connectivity index (χ0n) is 22.5. The van der Waals surface area contributed by atoms with Crippen molar-refractivity contribution in [1.29, 1.82) is 0 Å². The van der Waals surface area contributed by atoms with Crippen molar-refractivity contribution in [2.24, 2.45) is 5.92 Å². The number of carbonyl (C=O) groups excluding carboxylic acids is 2. The number of ether oxygens (including phenoxy) is 3. The summed E-state index contributed by atoms with van der Waals surface area (Å²) in [5, 5.41) is 1.60. The molecule has 0 spiro atoms. The molecule has 2 fully saturated rings. The normalized spacial score (nSPS) is 20.8. The Morgan fingerprint density at radius 3 is 2.33 bits per heavy atom. The summed E-state index contributed by atoms with van der Waals surface area (Å²) in [5.41, 5.74) is 2.36. The van der Waals surface area contributed by atoms with Gasteiger partial charge in [-0.15, -0.1) is 0 Å². The molecule has 8 nitrogen and oxygen atoms in total. The fraction of sp³-hybridized carbons (Fsp3) is 0.355. The maximum atomic E-state index is 13.7. The first-order chi connectivity index (χ1) is 19.0. The predicted octanol–water partition coefficient (Wildman–Crippen LogP) is 5.32. The maximum absolute atomic E-state index is 13.7. The molecule has 0 saturated carbocycles. The van der Waals surface area contributed by atoms with Crippen molar-refractivity contribution in [1.82, 2.24) is 5.06 Å². The monoisotopic (exact) mass is 530 g/mol. The molecule has 2 aliphatic heterocycles. The average Bonchev–Trinajstić information content (AvgIpc) is 3.42. The second-order valence-electron chi connectivity index (χ2n) is 9.66. The zero-order chi connectivity index (χ0) is 27.4. The molecule has 3 aromatic rings. The fourth-order valence-corrected chi connectivity index (χ4v) is 5.08. The molecule has 2 amide bonds. The Balaban J connectivity index is 1.36. The molecule has 8 heteroatoms. The predicted molar refractivity (Wildman–Crippen MR) is 147 cm³/mol. The number of anilines is 1. The number of nitrogens with zero attached hydrogens (tertiary/aromatic N) is 2. The molecule has 39 heavy (non-hydrogen) atoms. The lowest BCUT2D eigenvalue weighted by atomic mass is 9.91. The van der Waals surface area contributed by atoms with Crippen LogP contribution in [0.3, 0.4) is 0 Å². The van der Waals surface area contributed by atoms with E-state index in [1.807, 2.05) is 55.5 Å². The van der Waals surface area contributed by atoms with Gasteiger partial charge in [0.05, 0.1) is 30.9 Å². The molecule has 0 aliphatic carbocycles. The van der Waals surface area contributed by atoms with Crippen LogP contribution in [0.15, 0.2) is 72.8 Å². The average molecular weight is 531 g/mol. The van der Waals surface area contributed by atoms with Crippen LogP contribution in [0.1, 0.15) is 43.9 Å². The quantitative estimate of drug-likeness (QED) is 0.245. The second kappa shape index (κ2) is 11.9. The number of hydrogen-bond donors (Lipinski definition) is 0. The van der Waals surface area contributed by atoms with E-state index in [0.717, 1.165) is 24.0 Å². The molecule has 5 rings (SSSR count). The maximum Gasteiger partial charge on any atom is 0.265 e. The van der Waals surface area contributed by atoms with E-state index >= 15 is 0 Å². The molecule has 3 atom stereocenters. The van der Waals surface area contributed by atoms with Gasteiger partial charge < -0.3 is 14.2 Å². The van der Waals surface area contributed by atoms with Crippen molar-refractivity contribution in [2.75, 3.05) is 25.2 Å².